The molecule has 1 aromatic rings. The molecule has 1 aliphatic carbocycles. The molecular formula is C11H15N3O3. The van der Waals surface area contributed by atoms with Crippen LogP contribution < -0.4 is 11.4 Å². The lowest BCUT2D eigenvalue weighted by atomic mass is 9.90. The Morgan fingerprint density at radius 1 is 1.53 bits per heavy atom. The van der Waals surface area contributed by atoms with Crippen LogP contribution in [-0.4, -0.2) is 32.5 Å². The van der Waals surface area contributed by atoms with Crippen molar-refractivity contribution in [2.24, 2.45) is 5.92 Å². The van der Waals surface area contributed by atoms with Crippen molar-refractivity contribution < 1.29 is 10.2 Å². The smallest absolute Gasteiger partial charge is 0.350 e. The van der Waals surface area contributed by atoms with Gasteiger partial charge in [0.05, 0.1) is 18.8 Å². The van der Waals surface area contributed by atoms with Gasteiger partial charge in [0.25, 0.3) is 0 Å². The first-order valence-electron chi connectivity index (χ1n) is 5.43. The number of aliphatic hydroxyl groups excluding tert-OH is 2. The maximum Gasteiger partial charge on any atom is 0.350 e. The minimum absolute atomic E-state index is 0.0979. The largest absolute Gasteiger partial charge is 0.396 e. The summed E-state index contributed by atoms with van der Waals surface area (Å²) in [6.45, 7) is -0.0979. The molecule has 0 aromatic carbocycles. The van der Waals surface area contributed by atoms with E-state index in [1.165, 1.54) is 4.57 Å². The minimum Gasteiger partial charge on any atom is -0.396 e. The monoisotopic (exact) mass is 237 g/mol. The van der Waals surface area contributed by atoms with E-state index in [2.05, 4.69) is 4.98 Å². The molecule has 1 heterocycles. The van der Waals surface area contributed by atoms with E-state index in [0.717, 1.165) is 0 Å². The number of nitrogens with zero attached hydrogens (tertiary/aromatic N) is 2. The fourth-order valence-electron chi connectivity index (χ4n) is 1.97. The summed E-state index contributed by atoms with van der Waals surface area (Å²) in [4.78, 5) is 15.2. The Morgan fingerprint density at radius 3 is 2.88 bits per heavy atom. The van der Waals surface area contributed by atoms with Crippen LogP contribution in [0.1, 0.15) is 12.5 Å². The number of nitrogen functional groups attached to an aromatic ring is 1. The standard InChI is InChI=1S/C11H15N3O3/c12-10-3-4-14(11(17)13-10)8-2-1-7(6-15)9(16)5-8/h1-4,7-9,15-16H,5-6H2,(H2,12,13,17). The van der Waals surface area contributed by atoms with E-state index in [0.29, 0.717) is 6.42 Å². The molecule has 3 atom stereocenters. The second-order valence-electron chi connectivity index (χ2n) is 4.14. The maximum absolute atomic E-state index is 11.6. The van der Waals surface area contributed by atoms with Crippen LogP contribution >= 0.6 is 0 Å². The van der Waals surface area contributed by atoms with Crippen molar-refractivity contribution in [3.63, 3.8) is 0 Å². The number of hydrogen-bond acceptors (Lipinski definition) is 5. The van der Waals surface area contributed by atoms with Crippen LogP contribution in [0.25, 0.3) is 0 Å². The molecule has 3 unspecified atom stereocenters. The lowest BCUT2D eigenvalue weighted by molar-refractivity contribution is 0.0693. The van der Waals surface area contributed by atoms with Crippen LogP contribution in [0, 0.1) is 5.92 Å². The van der Waals surface area contributed by atoms with Crippen molar-refractivity contribution in [2.75, 3.05) is 12.3 Å². The first kappa shape index (κ1) is 11.8. The lowest BCUT2D eigenvalue weighted by Crippen LogP contribution is -2.34. The van der Waals surface area contributed by atoms with Gasteiger partial charge in [-0.1, -0.05) is 12.2 Å². The summed E-state index contributed by atoms with van der Waals surface area (Å²) in [5.41, 5.74) is 4.97. The van der Waals surface area contributed by atoms with E-state index in [1.54, 1.807) is 24.4 Å². The molecule has 0 fully saturated rings. The van der Waals surface area contributed by atoms with Crippen LogP contribution in [0.2, 0.25) is 0 Å². The predicted molar refractivity (Wildman–Crippen MR) is 62.3 cm³/mol. The van der Waals surface area contributed by atoms with E-state index in [4.69, 9.17) is 10.8 Å². The van der Waals surface area contributed by atoms with Crippen LogP contribution in [0.5, 0.6) is 0 Å². The second-order valence-corrected chi connectivity index (χ2v) is 4.14. The van der Waals surface area contributed by atoms with Crippen molar-refractivity contribution >= 4 is 5.82 Å². The summed E-state index contributed by atoms with van der Waals surface area (Å²) < 4.78 is 1.42. The Balaban J connectivity index is 2.27. The Morgan fingerprint density at radius 2 is 2.29 bits per heavy atom. The van der Waals surface area contributed by atoms with E-state index >= 15 is 0 Å². The van der Waals surface area contributed by atoms with Gasteiger partial charge in [-0.15, -0.1) is 0 Å². The molecule has 92 valence electrons. The van der Waals surface area contributed by atoms with Gasteiger partial charge < -0.3 is 15.9 Å². The first-order chi connectivity index (χ1) is 8.11. The first-order valence-corrected chi connectivity index (χ1v) is 5.43. The number of allylic oxidation sites excluding steroid dienone is 1. The van der Waals surface area contributed by atoms with Crippen LogP contribution in [0.3, 0.4) is 0 Å². The number of aliphatic hydroxyl groups is 2. The van der Waals surface area contributed by atoms with E-state index in [-0.39, 0.29) is 24.4 Å². The highest BCUT2D eigenvalue weighted by atomic mass is 16.3. The van der Waals surface area contributed by atoms with Crippen molar-refractivity contribution in [1.82, 2.24) is 9.55 Å². The fraction of sp³-hybridized carbons (Fsp3) is 0.455. The third-order valence-corrected chi connectivity index (χ3v) is 2.98. The SMILES string of the molecule is Nc1ccn(C2C=CC(CO)C(O)C2)c(=O)n1. The molecule has 1 aromatic heterocycles. The number of hydrogen-bond donors (Lipinski definition) is 3. The molecule has 6 nitrogen and oxygen atoms in total. The summed E-state index contributed by atoms with van der Waals surface area (Å²) >= 11 is 0. The third-order valence-electron chi connectivity index (χ3n) is 2.98. The highest BCUT2D eigenvalue weighted by molar-refractivity contribution is 5.24. The Labute approximate surface area is 98.0 Å². The van der Waals surface area contributed by atoms with Gasteiger partial charge in [0.1, 0.15) is 5.82 Å². The maximum atomic E-state index is 11.6. The molecular weight excluding hydrogens is 222 g/mol. The second kappa shape index (κ2) is 4.68. The van der Waals surface area contributed by atoms with Crippen LogP contribution in [0.15, 0.2) is 29.2 Å². The van der Waals surface area contributed by atoms with Gasteiger partial charge in [-0.05, 0) is 12.5 Å². The zero-order valence-corrected chi connectivity index (χ0v) is 9.23. The molecule has 0 spiro atoms. The summed E-state index contributed by atoms with van der Waals surface area (Å²) in [6.07, 6.45) is 4.81. The highest BCUT2D eigenvalue weighted by Gasteiger charge is 2.25. The van der Waals surface area contributed by atoms with Gasteiger partial charge in [0.15, 0.2) is 0 Å². The van der Waals surface area contributed by atoms with Gasteiger partial charge >= 0.3 is 5.69 Å². The number of nitrogens with two attached hydrogens (primary N) is 1. The minimum atomic E-state index is -0.653. The summed E-state index contributed by atoms with van der Waals surface area (Å²) in [5.74, 6) is -0.0801. The third kappa shape index (κ3) is 2.37. The van der Waals surface area contributed by atoms with Gasteiger partial charge in [0, 0.05) is 12.1 Å². The number of anilines is 1. The molecule has 0 amide bonds. The van der Waals surface area contributed by atoms with E-state index in [1.807, 2.05) is 0 Å². The van der Waals surface area contributed by atoms with Crippen molar-refractivity contribution in [2.45, 2.75) is 18.6 Å². The summed E-state index contributed by atoms with van der Waals surface area (Å²) in [6, 6.07) is 1.30. The number of aromatic nitrogens is 2. The average Bonchev–Trinajstić information content (AvgIpc) is 2.29. The quantitative estimate of drug-likeness (QED) is 0.590. The zero-order valence-electron chi connectivity index (χ0n) is 9.23. The van der Waals surface area contributed by atoms with E-state index in [9.17, 15) is 9.90 Å². The highest BCUT2D eigenvalue weighted by Crippen LogP contribution is 2.25. The van der Waals surface area contributed by atoms with Crippen molar-refractivity contribution in [3.05, 3.63) is 34.9 Å². The van der Waals surface area contributed by atoms with E-state index < -0.39 is 11.8 Å². The van der Waals surface area contributed by atoms with Crippen molar-refractivity contribution in [1.29, 1.82) is 0 Å². The van der Waals surface area contributed by atoms with Gasteiger partial charge in [0.2, 0.25) is 0 Å². The molecule has 4 N–H and O–H groups in total. The Bertz CT molecular complexity index is 483. The Kier molecular flexibility index (Phi) is 3.26. The molecule has 0 bridgehead atoms. The average molecular weight is 237 g/mol. The van der Waals surface area contributed by atoms with Crippen LogP contribution in [0.4, 0.5) is 5.82 Å². The molecule has 0 aliphatic heterocycles. The van der Waals surface area contributed by atoms with Crippen molar-refractivity contribution in [3.8, 4) is 0 Å². The Hall–Kier alpha value is -1.66. The summed E-state index contributed by atoms with van der Waals surface area (Å²) in [7, 11) is 0. The van der Waals surface area contributed by atoms with Crippen LogP contribution in [-0.2, 0) is 0 Å². The lowest BCUT2D eigenvalue weighted by Gasteiger charge is -2.27. The molecule has 17 heavy (non-hydrogen) atoms. The van der Waals surface area contributed by atoms with Gasteiger partial charge in [-0.2, -0.15) is 4.98 Å². The fourth-order valence-corrected chi connectivity index (χ4v) is 1.97. The summed E-state index contributed by atoms with van der Waals surface area (Å²) in [5, 5.41) is 18.8. The zero-order chi connectivity index (χ0) is 12.4. The normalized spacial score (nSPS) is 28.2. The molecule has 6 heteroatoms. The van der Waals surface area contributed by atoms with Gasteiger partial charge in [-0.25, -0.2) is 4.79 Å². The molecule has 0 radical (unpaired) electrons. The van der Waals surface area contributed by atoms with Gasteiger partial charge in [-0.3, -0.25) is 4.57 Å². The number of rotatable bonds is 2. The topological polar surface area (TPSA) is 101 Å². The molecule has 0 saturated carbocycles. The predicted octanol–water partition coefficient (Wildman–Crippen LogP) is -0.704. The molecule has 1 aliphatic rings. The molecule has 0 saturated heterocycles. The molecule has 2 rings (SSSR count).